The summed E-state index contributed by atoms with van der Waals surface area (Å²) in [5.41, 5.74) is 0.197. The molecule has 0 unspecified atom stereocenters. The molecule has 8 nitrogen and oxygen atoms in total. The second kappa shape index (κ2) is 10.7. The molecule has 2 fully saturated rings. The normalized spacial score (nSPS) is 20.4. The van der Waals surface area contributed by atoms with E-state index in [1.54, 1.807) is 36.1 Å². The highest BCUT2D eigenvalue weighted by molar-refractivity contribution is 6.09. The molecule has 2 aromatic rings. The van der Waals surface area contributed by atoms with Crippen molar-refractivity contribution < 1.29 is 23.9 Å². The van der Waals surface area contributed by atoms with Gasteiger partial charge >= 0.3 is 12.0 Å². The largest absolute Gasteiger partial charge is 0.454 e. The van der Waals surface area contributed by atoms with Crippen LogP contribution in [0.25, 0.3) is 0 Å². The van der Waals surface area contributed by atoms with Crippen molar-refractivity contribution >= 4 is 29.5 Å². The monoisotopic (exact) mass is 477 g/mol. The summed E-state index contributed by atoms with van der Waals surface area (Å²) < 4.78 is 5.26. The van der Waals surface area contributed by atoms with Gasteiger partial charge in [-0.3, -0.25) is 19.3 Å². The number of hydrogen-bond donors (Lipinski definition) is 1. The lowest BCUT2D eigenvalue weighted by atomic mass is 9.87. The Bertz CT molecular complexity index is 1070. The van der Waals surface area contributed by atoms with E-state index in [1.165, 1.54) is 0 Å². The first-order valence-corrected chi connectivity index (χ1v) is 12.2. The molecule has 4 amide bonds. The Kier molecular flexibility index (Phi) is 7.48. The molecule has 2 aromatic carbocycles. The zero-order valence-corrected chi connectivity index (χ0v) is 19.9. The molecule has 1 aliphatic carbocycles. The molecule has 4 rings (SSSR count). The molecule has 8 heteroatoms. The van der Waals surface area contributed by atoms with Crippen molar-refractivity contribution in [2.75, 3.05) is 18.1 Å². The molecule has 35 heavy (non-hydrogen) atoms. The van der Waals surface area contributed by atoms with Gasteiger partial charge in [-0.2, -0.15) is 0 Å². The first-order valence-electron chi connectivity index (χ1n) is 12.2. The minimum Gasteiger partial charge on any atom is -0.454 e. The highest BCUT2D eigenvalue weighted by Crippen LogP contribution is 2.32. The fourth-order valence-corrected chi connectivity index (χ4v) is 5.00. The number of nitrogens with one attached hydrogen (secondary N) is 1. The highest BCUT2D eigenvalue weighted by atomic mass is 16.5. The van der Waals surface area contributed by atoms with Crippen molar-refractivity contribution in [2.45, 2.75) is 57.0 Å². The zero-order valence-electron chi connectivity index (χ0n) is 19.9. The van der Waals surface area contributed by atoms with Crippen molar-refractivity contribution in [3.63, 3.8) is 0 Å². The Morgan fingerprint density at radius 2 is 1.63 bits per heavy atom. The van der Waals surface area contributed by atoms with Crippen LogP contribution in [0.2, 0.25) is 0 Å². The number of benzene rings is 2. The molecule has 2 aliphatic rings. The summed E-state index contributed by atoms with van der Waals surface area (Å²) in [6, 6.07) is 17.7. The molecule has 1 N–H and O–H groups in total. The molecule has 1 atom stereocenters. The second-order valence-electron chi connectivity index (χ2n) is 9.00. The van der Waals surface area contributed by atoms with Crippen molar-refractivity contribution in [3.05, 3.63) is 66.2 Å². The van der Waals surface area contributed by atoms with Gasteiger partial charge in [0.1, 0.15) is 12.1 Å². The number of hydrogen-bond acceptors (Lipinski definition) is 5. The Hall–Kier alpha value is -3.68. The summed E-state index contributed by atoms with van der Waals surface area (Å²) >= 11 is 0. The van der Waals surface area contributed by atoms with Crippen LogP contribution in [0.5, 0.6) is 0 Å². The molecular weight excluding hydrogens is 446 g/mol. The van der Waals surface area contributed by atoms with E-state index in [0.717, 1.165) is 42.7 Å². The third kappa shape index (κ3) is 5.06. The molecular formula is C27H31N3O5. The molecule has 184 valence electrons. The molecule has 1 saturated carbocycles. The van der Waals surface area contributed by atoms with Crippen LogP contribution in [-0.2, 0) is 24.7 Å². The van der Waals surface area contributed by atoms with Gasteiger partial charge < -0.3 is 15.0 Å². The van der Waals surface area contributed by atoms with Gasteiger partial charge in [-0.05, 0) is 37.0 Å². The fraction of sp³-hybridized carbons (Fsp3) is 0.407. The van der Waals surface area contributed by atoms with Gasteiger partial charge in [-0.1, -0.05) is 74.7 Å². The predicted octanol–water partition coefficient (Wildman–Crippen LogP) is 3.75. The van der Waals surface area contributed by atoms with Crippen LogP contribution in [-0.4, -0.2) is 47.9 Å². The van der Waals surface area contributed by atoms with Gasteiger partial charge in [0, 0.05) is 11.7 Å². The maximum Gasteiger partial charge on any atom is 0.326 e. The lowest BCUT2D eigenvalue weighted by Crippen LogP contribution is -2.45. The van der Waals surface area contributed by atoms with Crippen LogP contribution in [0.3, 0.4) is 0 Å². The van der Waals surface area contributed by atoms with Crippen LogP contribution >= 0.6 is 0 Å². The van der Waals surface area contributed by atoms with Crippen molar-refractivity contribution in [2.24, 2.45) is 0 Å². The maximum atomic E-state index is 13.2. The minimum atomic E-state index is -1.22. The number of ether oxygens (including phenoxy) is 1. The van der Waals surface area contributed by atoms with E-state index in [1.807, 2.05) is 36.4 Å². The summed E-state index contributed by atoms with van der Waals surface area (Å²) in [7, 11) is 0. The maximum absolute atomic E-state index is 13.2. The topological polar surface area (TPSA) is 96.0 Å². The molecule has 0 aromatic heterocycles. The molecule has 1 saturated heterocycles. The van der Waals surface area contributed by atoms with Gasteiger partial charge in [0.15, 0.2) is 6.61 Å². The summed E-state index contributed by atoms with van der Waals surface area (Å²) in [5, 5.41) is 2.74. The number of urea groups is 1. The van der Waals surface area contributed by atoms with Crippen molar-refractivity contribution in [1.29, 1.82) is 0 Å². The molecule has 0 bridgehead atoms. The Morgan fingerprint density at radius 3 is 2.26 bits per heavy atom. The number of rotatable bonds is 8. The Morgan fingerprint density at radius 1 is 1.00 bits per heavy atom. The van der Waals surface area contributed by atoms with Crippen LogP contribution in [0, 0.1) is 0 Å². The van der Waals surface area contributed by atoms with E-state index in [0.29, 0.717) is 12.0 Å². The SMILES string of the molecule is CC[C@]1(c2ccccc2)NC(=O)N(CC(=O)OCC(=O)N(c2ccccc2)C2CCCCC2)C1=O. The van der Waals surface area contributed by atoms with Crippen LogP contribution in [0.15, 0.2) is 60.7 Å². The molecule has 1 heterocycles. The Balaban J connectivity index is 1.41. The number of amides is 4. The molecule has 1 aliphatic heterocycles. The van der Waals surface area contributed by atoms with Crippen LogP contribution in [0.4, 0.5) is 10.5 Å². The number of para-hydroxylation sites is 1. The van der Waals surface area contributed by atoms with Crippen LogP contribution < -0.4 is 10.2 Å². The van der Waals surface area contributed by atoms with Gasteiger partial charge in [0.2, 0.25) is 0 Å². The standard InChI is InChI=1S/C27H31N3O5/c1-2-27(20-12-6-3-7-13-20)25(33)29(26(34)28-27)18-24(32)35-19-23(31)30(21-14-8-4-9-15-21)22-16-10-5-11-17-22/h3-4,6-9,12-15,22H,2,5,10-11,16-19H2,1H3,(H,28,34)/t27-/m1/s1. The Labute approximate surface area is 205 Å². The number of carbonyl (C=O) groups excluding carboxylic acids is 4. The van der Waals surface area contributed by atoms with E-state index in [4.69, 9.17) is 4.74 Å². The lowest BCUT2D eigenvalue weighted by Gasteiger charge is -2.34. The van der Waals surface area contributed by atoms with E-state index in [2.05, 4.69) is 5.32 Å². The zero-order chi connectivity index (χ0) is 24.8. The van der Waals surface area contributed by atoms with E-state index < -0.39 is 36.6 Å². The van der Waals surface area contributed by atoms with Gasteiger partial charge in [0.25, 0.3) is 11.8 Å². The quantitative estimate of drug-likeness (QED) is 0.461. The van der Waals surface area contributed by atoms with Gasteiger partial charge in [-0.25, -0.2) is 4.79 Å². The fourth-order valence-electron chi connectivity index (χ4n) is 5.00. The average Bonchev–Trinajstić information content (AvgIpc) is 3.14. The molecule has 0 radical (unpaired) electrons. The molecule has 0 spiro atoms. The lowest BCUT2D eigenvalue weighted by molar-refractivity contribution is -0.150. The van der Waals surface area contributed by atoms with Crippen molar-refractivity contribution in [1.82, 2.24) is 10.2 Å². The number of nitrogens with zero attached hydrogens (tertiary/aromatic N) is 2. The van der Waals surface area contributed by atoms with Crippen LogP contribution in [0.1, 0.15) is 51.0 Å². The summed E-state index contributed by atoms with van der Waals surface area (Å²) in [6.45, 7) is 0.794. The van der Waals surface area contributed by atoms with E-state index >= 15 is 0 Å². The van der Waals surface area contributed by atoms with E-state index in [-0.39, 0.29) is 11.9 Å². The first kappa shape index (κ1) is 24.4. The average molecular weight is 478 g/mol. The minimum absolute atomic E-state index is 0.0549. The highest BCUT2D eigenvalue weighted by Gasteiger charge is 2.51. The third-order valence-corrected chi connectivity index (χ3v) is 6.86. The van der Waals surface area contributed by atoms with E-state index in [9.17, 15) is 19.2 Å². The third-order valence-electron chi connectivity index (χ3n) is 6.86. The number of imide groups is 1. The summed E-state index contributed by atoms with van der Waals surface area (Å²) in [5.74, 6) is -1.63. The summed E-state index contributed by atoms with van der Waals surface area (Å²) in [6.07, 6.45) is 5.38. The number of esters is 1. The van der Waals surface area contributed by atoms with Crippen molar-refractivity contribution in [3.8, 4) is 0 Å². The number of anilines is 1. The first-order chi connectivity index (χ1) is 17.0. The predicted molar refractivity (Wildman–Crippen MR) is 130 cm³/mol. The second-order valence-corrected chi connectivity index (χ2v) is 9.00. The smallest absolute Gasteiger partial charge is 0.326 e. The number of carbonyl (C=O) groups is 4. The van der Waals surface area contributed by atoms with Gasteiger partial charge in [-0.15, -0.1) is 0 Å². The summed E-state index contributed by atoms with van der Waals surface area (Å²) in [4.78, 5) is 54.1. The van der Waals surface area contributed by atoms with Gasteiger partial charge in [0.05, 0.1) is 0 Å².